The van der Waals surface area contributed by atoms with Gasteiger partial charge in [0.05, 0.1) is 15.7 Å². The van der Waals surface area contributed by atoms with E-state index in [9.17, 15) is 9.59 Å². The highest BCUT2D eigenvalue weighted by Gasteiger charge is 2.26. The standard InChI is InChI=1S/C19H18Cl2N2O3/c1-11(2)9-23-16-8-13(4-6-17(16)26-10-18(23)24)22-19(25)12-3-5-14(20)15(21)7-12/h3-8,11H,9-10H2,1-2H3,(H,22,25). The van der Waals surface area contributed by atoms with Crippen molar-refractivity contribution in [2.24, 2.45) is 5.92 Å². The summed E-state index contributed by atoms with van der Waals surface area (Å²) in [7, 11) is 0. The molecule has 0 aliphatic carbocycles. The zero-order valence-electron chi connectivity index (χ0n) is 14.4. The number of ether oxygens (including phenoxy) is 1. The molecule has 0 saturated heterocycles. The fourth-order valence-electron chi connectivity index (χ4n) is 2.69. The molecule has 0 bridgehead atoms. The van der Waals surface area contributed by atoms with E-state index in [-0.39, 0.29) is 18.4 Å². The minimum Gasteiger partial charge on any atom is -0.482 e. The van der Waals surface area contributed by atoms with E-state index in [1.54, 1.807) is 35.2 Å². The van der Waals surface area contributed by atoms with Gasteiger partial charge in [-0.15, -0.1) is 0 Å². The van der Waals surface area contributed by atoms with Gasteiger partial charge < -0.3 is 15.0 Å². The molecule has 0 aromatic heterocycles. The van der Waals surface area contributed by atoms with Crippen LogP contribution in [0.4, 0.5) is 11.4 Å². The first kappa shape index (κ1) is 18.5. The number of benzene rings is 2. The Balaban J connectivity index is 1.85. The van der Waals surface area contributed by atoms with Gasteiger partial charge in [0.25, 0.3) is 11.8 Å². The Hall–Kier alpha value is -2.24. The van der Waals surface area contributed by atoms with Crippen molar-refractivity contribution in [3.05, 3.63) is 52.0 Å². The Morgan fingerprint density at radius 2 is 1.96 bits per heavy atom. The topological polar surface area (TPSA) is 58.6 Å². The molecule has 1 heterocycles. The van der Waals surface area contributed by atoms with Crippen LogP contribution < -0.4 is 15.0 Å². The van der Waals surface area contributed by atoms with Crippen molar-refractivity contribution >= 4 is 46.4 Å². The zero-order valence-corrected chi connectivity index (χ0v) is 15.9. The first-order valence-electron chi connectivity index (χ1n) is 8.19. The second-order valence-electron chi connectivity index (χ2n) is 6.45. The third kappa shape index (κ3) is 3.94. The molecule has 0 radical (unpaired) electrons. The van der Waals surface area contributed by atoms with Crippen LogP contribution in [0.3, 0.4) is 0 Å². The van der Waals surface area contributed by atoms with E-state index < -0.39 is 0 Å². The third-order valence-corrected chi connectivity index (χ3v) is 4.63. The number of nitrogens with zero attached hydrogens (tertiary/aromatic N) is 1. The summed E-state index contributed by atoms with van der Waals surface area (Å²) in [4.78, 5) is 26.3. The predicted octanol–water partition coefficient (Wildman–Crippen LogP) is 4.63. The third-order valence-electron chi connectivity index (χ3n) is 3.89. The van der Waals surface area contributed by atoms with Gasteiger partial charge >= 0.3 is 0 Å². The fourth-order valence-corrected chi connectivity index (χ4v) is 2.98. The quantitative estimate of drug-likeness (QED) is 0.824. The van der Waals surface area contributed by atoms with Crippen LogP contribution in [0.5, 0.6) is 5.75 Å². The first-order valence-corrected chi connectivity index (χ1v) is 8.94. The molecule has 0 atom stereocenters. The Labute approximate surface area is 161 Å². The van der Waals surface area contributed by atoms with Gasteiger partial charge in [-0.05, 0) is 42.3 Å². The lowest BCUT2D eigenvalue weighted by molar-refractivity contribution is -0.121. The van der Waals surface area contributed by atoms with Gasteiger partial charge in [-0.1, -0.05) is 37.0 Å². The normalized spacial score (nSPS) is 13.4. The molecule has 0 fully saturated rings. The number of anilines is 2. The molecule has 0 unspecified atom stereocenters. The van der Waals surface area contributed by atoms with E-state index in [1.807, 2.05) is 13.8 Å². The molecule has 5 nitrogen and oxygen atoms in total. The summed E-state index contributed by atoms with van der Waals surface area (Å²) < 4.78 is 5.49. The van der Waals surface area contributed by atoms with Gasteiger partial charge in [-0.3, -0.25) is 9.59 Å². The molecule has 1 N–H and O–H groups in total. The molecule has 26 heavy (non-hydrogen) atoms. The SMILES string of the molecule is CC(C)CN1C(=O)COc2ccc(NC(=O)c3ccc(Cl)c(Cl)c3)cc21. The Morgan fingerprint density at radius 1 is 1.19 bits per heavy atom. The van der Waals surface area contributed by atoms with Crippen LogP contribution in [0.1, 0.15) is 24.2 Å². The summed E-state index contributed by atoms with van der Waals surface area (Å²) in [5, 5.41) is 3.51. The van der Waals surface area contributed by atoms with Crippen molar-refractivity contribution in [1.29, 1.82) is 0 Å². The number of rotatable bonds is 4. The number of carbonyl (C=O) groups excluding carboxylic acids is 2. The number of hydrogen-bond donors (Lipinski definition) is 1. The van der Waals surface area contributed by atoms with E-state index in [2.05, 4.69) is 5.32 Å². The van der Waals surface area contributed by atoms with E-state index in [1.165, 1.54) is 6.07 Å². The highest BCUT2D eigenvalue weighted by Crippen LogP contribution is 2.35. The Bertz CT molecular complexity index is 868. The molecule has 2 amide bonds. The van der Waals surface area contributed by atoms with Crippen molar-refractivity contribution in [1.82, 2.24) is 0 Å². The van der Waals surface area contributed by atoms with Crippen LogP contribution in [0.2, 0.25) is 10.0 Å². The molecule has 2 aromatic carbocycles. The second-order valence-corrected chi connectivity index (χ2v) is 7.27. The van der Waals surface area contributed by atoms with Gasteiger partial charge in [-0.25, -0.2) is 0 Å². The maximum absolute atomic E-state index is 12.4. The second kappa shape index (κ2) is 7.56. The van der Waals surface area contributed by atoms with E-state index in [0.29, 0.717) is 45.2 Å². The first-order chi connectivity index (χ1) is 12.3. The maximum Gasteiger partial charge on any atom is 0.265 e. The van der Waals surface area contributed by atoms with Crippen LogP contribution in [-0.4, -0.2) is 25.0 Å². The van der Waals surface area contributed by atoms with Crippen LogP contribution in [0.25, 0.3) is 0 Å². The summed E-state index contributed by atoms with van der Waals surface area (Å²) in [6.07, 6.45) is 0. The van der Waals surface area contributed by atoms with Crippen LogP contribution in [0.15, 0.2) is 36.4 Å². The summed E-state index contributed by atoms with van der Waals surface area (Å²) in [6.45, 7) is 4.69. The molecular formula is C19H18Cl2N2O3. The Kier molecular flexibility index (Phi) is 5.39. The number of hydrogen-bond acceptors (Lipinski definition) is 3. The molecule has 3 rings (SSSR count). The molecular weight excluding hydrogens is 375 g/mol. The summed E-state index contributed by atoms with van der Waals surface area (Å²) in [6, 6.07) is 9.90. The number of amides is 2. The molecule has 136 valence electrons. The lowest BCUT2D eigenvalue weighted by Crippen LogP contribution is -2.41. The Morgan fingerprint density at radius 3 is 2.65 bits per heavy atom. The molecule has 7 heteroatoms. The number of halogens is 2. The highest BCUT2D eigenvalue weighted by molar-refractivity contribution is 6.42. The van der Waals surface area contributed by atoms with Gasteiger partial charge in [0.15, 0.2) is 6.61 Å². The summed E-state index contributed by atoms with van der Waals surface area (Å²) >= 11 is 11.8. The summed E-state index contributed by atoms with van der Waals surface area (Å²) in [5.74, 6) is 0.512. The van der Waals surface area contributed by atoms with E-state index in [4.69, 9.17) is 27.9 Å². The van der Waals surface area contributed by atoms with Crippen molar-refractivity contribution in [3.8, 4) is 5.75 Å². The highest BCUT2D eigenvalue weighted by atomic mass is 35.5. The minimum atomic E-state index is -0.318. The van der Waals surface area contributed by atoms with Gasteiger partial charge in [0.1, 0.15) is 5.75 Å². The maximum atomic E-state index is 12.4. The monoisotopic (exact) mass is 392 g/mol. The van der Waals surface area contributed by atoms with E-state index in [0.717, 1.165) is 0 Å². The minimum absolute atomic E-state index is 0.0225. The lowest BCUT2D eigenvalue weighted by atomic mass is 10.1. The average molecular weight is 393 g/mol. The molecule has 1 aliphatic heterocycles. The molecule has 0 spiro atoms. The van der Waals surface area contributed by atoms with Crippen molar-refractivity contribution in [3.63, 3.8) is 0 Å². The van der Waals surface area contributed by atoms with Crippen LogP contribution in [0, 0.1) is 5.92 Å². The van der Waals surface area contributed by atoms with Crippen LogP contribution >= 0.6 is 23.2 Å². The molecule has 0 saturated carbocycles. The fraction of sp³-hybridized carbons (Fsp3) is 0.263. The predicted molar refractivity (Wildman–Crippen MR) is 104 cm³/mol. The average Bonchev–Trinajstić information content (AvgIpc) is 2.59. The summed E-state index contributed by atoms with van der Waals surface area (Å²) in [5.41, 5.74) is 1.61. The van der Waals surface area contributed by atoms with Gasteiger partial charge in [-0.2, -0.15) is 0 Å². The largest absolute Gasteiger partial charge is 0.482 e. The molecule has 2 aromatic rings. The van der Waals surface area contributed by atoms with Gasteiger partial charge in [0.2, 0.25) is 0 Å². The number of carbonyl (C=O) groups is 2. The van der Waals surface area contributed by atoms with Crippen molar-refractivity contribution in [2.45, 2.75) is 13.8 Å². The molecule has 1 aliphatic rings. The van der Waals surface area contributed by atoms with Gasteiger partial charge in [0, 0.05) is 17.8 Å². The van der Waals surface area contributed by atoms with Crippen LogP contribution in [-0.2, 0) is 4.79 Å². The van der Waals surface area contributed by atoms with Crippen molar-refractivity contribution in [2.75, 3.05) is 23.4 Å². The number of fused-ring (bicyclic) bond motifs is 1. The lowest BCUT2D eigenvalue weighted by Gasteiger charge is -2.31. The van der Waals surface area contributed by atoms with E-state index >= 15 is 0 Å². The zero-order chi connectivity index (χ0) is 18.8. The van der Waals surface area contributed by atoms with Crippen molar-refractivity contribution < 1.29 is 14.3 Å². The smallest absolute Gasteiger partial charge is 0.265 e. The number of nitrogens with one attached hydrogen (secondary N) is 1.